The number of carbonyl (C=O) groups is 2. The van der Waals surface area contributed by atoms with Gasteiger partial charge in [0.1, 0.15) is 0 Å². The summed E-state index contributed by atoms with van der Waals surface area (Å²) in [6.07, 6.45) is -2.65. The van der Waals surface area contributed by atoms with Crippen LogP contribution in [0.2, 0.25) is 0 Å². The van der Waals surface area contributed by atoms with Crippen molar-refractivity contribution in [3.8, 4) is 0 Å². The largest absolute Gasteiger partial charge is 0.382 e. The van der Waals surface area contributed by atoms with Crippen molar-refractivity contribution in [3.05, 3.63) is 20.2 Å². The van der Waals surface area contributed by atoms with E-state index in [2.05, 4.69) is 0 Å². The minimum absolute atomic E-state index is 0.200. The number of nitrogens with zero attached hydrogens (tertiary/aromatic N) is 6. The summed E-state index contributed by atoms with van der Waals surface area (Å²) in [5.41, 5.74) is 0. The third-order valence-corrected chi connectivity index (χ3v) is 2.91. The number of rotatable bonds is 2. The minimum Gasteiger partial charge on any atom is -0.293 e. The predicted molar refractivity (Wildman–Crippen MR) is 51.6 cm³/mol. The Hall–Kier alpha value is -2.66. The van der Waals surface area contributed by atoms with Gasteiger partial charge < -0.3 is 0 Å². The summed E-state index contributed by atoms with van der Waals surface area (Å²) in [4.78, 5) is 46.4. The van der Waals surface area contributed by atoms with Gasteiger partial charge in [-0.15, -0.1) is 0 Å². The highest BCUT2D eigenvalue weighted by Crippen LogP contribution is 2.32. The highest BCUT2D eigenvalue weighted by Gasteiger charge is 2.66. The van der Waals surface area contributed by atoms with Crippen molar-refractivity contribution in [2.45, 2.75) is 12.3 Å². The van der Waals surface area contributed by atoms with E-state index in [-0.39, 0.29) is 10.0 Å². The molecule has 0 aromatic heterocycles. The molecule has 0 saturated carbocycles. The minimum atomic E-state index is -1.32. The second-order valence-corrected chi connectivity index (χ2v) is 3.78. The smallest absolute Gasteiger partial charge is 0.293 e. The third-order valence-electron chi connectivity index (χ3n) is 2.91. The molecule has 2 heterocycles. The zero-order chi connectivity index (χ0) is 13.8. The molecule has 2 atom stereocenters. The van der Waals surface area contributed by atoms with Crippen LogP contribution in [0.5, 0.6) is 0 Å². The molecule has 0 aromatic carbocycles. The lowest BCUT2D eigenvalue weighted by Gasteiger charge is -2.17. The van der Waals surface area contributed by atoms with Gasteiger partial charge in [-0.2, -0.15) is 0 Å². The molecule has 2 rings (SSSR count). The number of hydrazine groups is 2. The quantitative estimate of drug-likeness (QED) is 0.450. The van der Waals surface area contributed by atoms with Gasteiger partial charge in [0, 0.05) is 14.1 Å². The van der Waals surface area contributed by atoms with Crippen molar-refractivity contribution in [3.63, 3.8) is 0 Å². The molecule has 2 aliphatic heterocycles. The maximum Gasteiger partial charge on any atom is 0.382 e. The summed E-state index contributed by atoms with van der Waals surface area (Å²) >= 11 is 0. The number of carbonyl (C=O) groups excluding carboxylic acids is 2. The molecule has 2 saturated heterocycles. The molecule has 2 unspecified atom stereocenters. The lowest BCUT2D eigenvalue weighted by atomic mass is 10.4. The summed E-state index contributed by atoms with van der Waals surface area (Å²) in [5, 5.41) is 20.0. The zero-order valence-electron chi connectivity index (χ0n) is 9.29. The number of hydrogen-bond donors (Lipinski definition) is 0. The van der Waals surface area contributed by atoms with E-state index in [1.54, 1.807) is 0 Å². The molecule has 12 heteroatoms. The van der Waals surface area contributed by atoms with E-state index >= 15 is 0 Å². The lowest BCUT2D eigenvalue weighted by Crippen LogP contribution is -2.47. The fourth-order valence-corrected chi connectivity index (χ4v) is 2.09. The number of likely N-dealkylation sites (N-methyl/N-ethyl adjacent to an activating group) is 2. The van der Waals surface area contributed by atoms with Gasteiger partial charge in [0.15, 0.2) is 10.1 Å². The maximum atomic E-state index is 11.6. The molecule has 18 heavy (non-hydrogen) atoms. The van der Waals surface area contributed by atoms with Gasteiger partial charge in [-0.1, -0.05) is 0 Å². The Morgan fingerprint density at radius 3 is 1.39 bits per heavy atom. The van der Waals surface area contributed by atoms with Crippen LogP contribution in [0.25, 0.3) is 0 Å². The van der Waals surface area contributed by atoms with Gasteiger partial charge in [0.25, 0.3) is 0 Å². The van der Waals surface area contributed by atoms with Crippen LogP contribution in [0.15, 0.2) is 0 Å². The molecule has 2 aliphatic rings. The highest BCUT2D eigenvalue weighted by molar-refractivity contribution is 5.83. The van der Waals surface area contributed by atoms with Crippen molar-refractivity contribution in [1.82, 2.24) is 19.8 Å². The summed E-state index contributed by atoms with van der Waals surface area (Å²) in [7, 11) is 2.32. The van der Waals surface area contributed by atoms with Gasteiger partial charge in [0.05, 0.1) is 0 Å². The summed E-state index contributed by atoms with van der Waals surface area (Å²) in [6, 6.07) is -2.03. The van der Waals surface area contributed by atoms with Crippen LogP contribution in [0, 0.1) is 20.2 Å². The molecule has 0 spiro atoms. The van der Waals surface area contributed by atoms with Crippen LogP contribution in [0.1, 0.15) is 0 Å². The summed E-state index contributed by atoms with van der Waals surface area (Å²) < 4.78 is 0. The maximum absolute atomic E-state index is 11.6. The van der Waals surface area contributed by atoms with E-state index in [4.69, 9.17) is 0 Å². The fourth-order valence-electron chi connectivity index (χ4n) is 2.09. The molecular weight excluding hydrogens is 252 g/mol. The van der Waals surface area contributed by atoms with Crippen LogP contribution in [0.3, 0.4) is 0 Å². The molecule has 0 bridgehead atoms. The molecule has 0 aliphatic carbocycles. The standard InChI is InChI=1S/C6H8N6O6/c1-7-3-4(10(5(7)13)12(17)18)8(2)6(14)9(3)11(15)16/h3-4H,1-2H3. The van der Waals surface area contributed by atoms with E-state index in [0.29, 0.717) is 0 Å². The molecule has 4 amide bonds. The monoisotopic (exact) mass is 260 g/mol. The van der Waals surface area contributed by atoms with Crippen molar-refractivity contribution >= 4 is 12.1 Å². The average Bonchev–Trinajstić information content (AvgIpc) is 2.66. The molecule has 0 N–H and O–H groups in total. The van der Waals surface area contributed by atoms with Crippen LogP contribution in [0.4, 0.5) is 9.59 Å². The molecule has 0 aromatic rings. The first-order chi connectivity index (χ1) is 8.29. The summed E-state index contributed by atoms with van der Waals surface area (Å²) in [5.74, 6) is 0. The number of nitro groups is 2. The lowest BCUT2D eigenvalue weighted by molar-refractivity contribution is -0.653. The topological polar surface area (TPSA) is 133 Å². The highest BCUT2D eigenvalue weighted by atomic mass is 16.7. The van der Waals surface area contributed by atoms with Gasteiger partial charge >= 0.3 is 12.1 Å². The Morgan fingerprint density at radius 2 is 1.17 bits per heavy atom. The van der Waals surface area contributed by atoms with Crippen molar-refractivity contribution in [1.29, 1.82) is 0 Å². The van der Waals surface area contributed by atoms with Crippen LogP contribution in [-0.2, 0) is 0 Å². The predicted octanol–water partition coefficient (Wildman–Crippen LogP) is -1.24. The Morgan fingerprint density at radius 1 is 0.889 bits per heavy atom. The van der Waals surface area contributed by atoms with Crippen molar-refractivity contribution in [2.24, 2.45) is 0 Å². The Balaban J connectivity index is 2.49. The average molecular weight is 260 g/mol. The second kappa shape index (κ2) is 3.41. The van der Waals surface area contributed by atoms with Crippen molar-refractivity contribution in [2.75, 3.05) is 14.1 Å². The van der Waals surface area contributed by atoms with Crippen LogP contribution < -0.4 is 0 Å². The first-order valence-electron chi connectivity index (χ1n) is 4.69. The normalized spacial score (nSPS) is 27.0. The van der Waals surface area contributed by atoms with Gasteiger partial charge in [0.2, 0.25) is 12.3 Å². The number of amides is 4. The second-order valence-electron chi connectivity index (χ2n) is 3.78. The Bertz CT molecular complexity index is 423. The van der Waals surface area contributed by atoms with Crippen LogP contribution >= 0.6 is 0 Å². The zero-order valence-corrected chi connectivity index (χ0v) is 9.29. The number of urea groups is 2. The first kappa shape index (κ1) is 11.8. The third kappa shape index (κ3) is 1.19. The summed E-state index contributed by atoms with van der Waals surface area (Å²) in [6.45, 7) is 0. The molecule has 12 nitrogen and oxygen atoms in total. The van der Waals surface area contributed by atoms with Gasteiger partial charge in [-0.25, -0.2) is 29.8 Å². The van der Waals surface area contributed by atoms with E-state index in [9.17, 15) is 29.8 Å². The molecule has 0 radical (unpaired) electrons. The van der Waals surface area contributed by atoms with E-state index in [0.717, 1.165) is 23.9 Å². The van der Waals surface area contributed by atoms with Gasteiger partial charge in [-0.3, -0.25) is 9.80 Å². The molecule has 2 fully saturated rings. The van der Waals surface area contributed by atoms with Crippen LogP contribution in [-0.4, -0.2) is 68.4 Å². The SMILES string of the molecule is CN1C(=O)N([N+](=O)[O-])C2C1N([N+](=O)[O-])C(=O)N2C. The van der Waals surface area contributed by atoms with Gasteiger partial charge in [-0.05, 0) is 10.0 Å². The van der Waals surface area contributed by atoms with E-state index in [1.165, 1.54) is 0 Å². The number of hydrogen-bond acceptors (Lipinski definition) is 6. The Kier molecular flexibility index (Phi) is 2.24. The first-order valence-corrected chi connectivity index (χ1v) is 4.69. The van der Waals surface area contributed by atoms with Crippen molar-refractivity contribution < 1.29 is 19.7 Å². The molecular formula is C6H8N6O6. The van der Waals surface area contributed by atoms with E-state index in [1.807, 2.05) is 0 Å². The number of fused-ring (bicyclic) bond motifs is 1. The molecule has 98 valence electrons. The fraction of sp³-hybridized carbons (Fsp3) is 0.667. The Labute approximate surface area is 99.2 Å². The van der Waals surface area contributed by atoms with E-state index < -0.39 is 34.5 Å².